The molecule has 0 amide bonds. The molecular formula is C16H20FNO. The van der Waals surface area contributed by atoms with Crippen molar-refractivity contribution in [3.63, 3.8) is 0 Å². The summed E-state index contributed by atoms with van der Waals surface area (Å²) in [7, 11) is 0. The van der Waals surface area contributed by atoms with E-state index in [0.717, 1.165) is 17.7 Å². The summed E-state index contributed by atoms with van der Waals surface area (Å²) in [4.78, 5) is 0. The standard InChI is InChI=1S/C16H20FNO/c1-11-6-7-14(10-16(11)17)13(3)18-12(2)9-15-5-4-8-19-15/h4-8,10,12-13,18H,9H2,1-3H3. The summed E-state index contributed by atoms with van der Waals surface area (Å²) < 4.78 is 18.9. The van der Waals surface area contributed by atoms with Crippen LogP contribution in [-0.4, -0.2) is 6.04 Å². The van der Waals surface area contributed by atoms with Crippen molar-refractivity contribution in [3.05, 3.63) is 59.3 Å². The molecule has 2 nitrogen and oxygen atoms in total. The summed E-state index contributed by atoms with van der Waals surface area (Å²) >= 11 is 0. The Kier molecular flexibility index (Phi) is 4.38. The molecule has 1 aromatic heterocycles. The van der Waals surface area contributed by atoms with Gasteiger partial charge >= 0.3 is 0 Å². The molecule has 0 saturated heterocycles. The van der Waals surface area contributed by atoms with E-state index in [1.54, 1.807) is 19.3 Å². The number of hydrogen-bond acceptors (Lipinski definition) is 2. The van der Waals surface area contributed by atoms with Crippen LogP contribution in [0.3, 0.4) is 0 Å². The second kappa shape index (κ2) is 6.02. The molecular weight excluding hydrogens is 241 g/mol. The van der Waals surface area contributed by atoms with Crippen LogP contribution in [0.4, 0.5) is 4.39 Å². The molecule has 2 aromatic rings. The summed E-state index contributed by atoms with van der Waals surface area (Å²) in [6.07, 6.45) is 2.51. The fraction of sp³-hybridized carbons (Fsp3) is 0.375. The molecule has 0 radical (unpaired) electrons. The van der Waals surface area contributed by atoms with Crippen molar-refractivity contribution in [2.24, 2.45) is 0 Å². The molecule has 102 valence electrons. The number of rotatable bonds is 5. The number of nitrogens with one attached hydrogen (secondary N) is 1. The first-order chi connectivity index (χ1) is 9.06. The number of furan rings is 1. The molecule has 1 N–H and O–H groups in total. The average Bonchev–Trinajstić information content (AvgIpc) is 2.85. The van der Waals surface area contributed by atoms with Crippen LogP contribution in [-0.2, 0) is 6.42 Å². The Hall–Kier alpha value is -1.61. The second-order valence-electron chi connectivity index (χ2n) is 5.08. The van der Waals surface area contributed by atoms with E-state index >= 15 is 0 Å². The molecule has 19 heavy (non-hydrogen) atoms. The van der Waals surface area contributed by atoms with E-state index in [1.807, 2.05) is 31.2 Å². The minimum Gasteiger partial charge on any atom is -0.469 e. The quantitative estimate of drug-likeness (QED) is 0.879. The summed E-state index contributed by atoms with van der Waals surface area (Å²) in [5, 5.41) is 3.45. The monoisotopic (exact) mass is 261 g/mol. The molecule has 0 bridgehead atoms. The Morgan fingerprint density at radius 2 is 2.05 bits per heavy atom. The summed E-state index contributed by atoms with van der Waals surface area (Å²) in [5.41, 5.74) is 1.65. The largest absolute Gasteiger partial charge is 0.469 e. The highest BCUT2D eigenvalue weighted by molar-refractivity contribution is 5.25. The summed E-state index contributed by atoms with van der Waals surface area (Å²) in [6.45, 7) is 5.92. The maximum absolute atomic E-state index is 13.5. The molecule has 0 aliphatic heterocycles. The normalized spacial score (nSPS) is 14.3. The van der Waals surface area contributed by atoms with Crippen molar-refractivity contribution in [3.8, 4) is 0 Å². The third-order valence-electron chi connectivity index (χ3n) is 3.32. The summed E-state index contributed by atoms with van der Waals surface area (Å²) in [6, 6.07) is 9.63. The second-order valence-corrected chi connectivity index (χ2v) is 5.08. The number of halogens is 1. The average molecular weight is 261 g/mol. The lowest BCUT2D eigenvalue weighted by Gasteiger charge is -2.20. The zero-order valence-corrected chi connectivity index (χ0v) is 11.6. The smallest absolute Gasteiger partial charge is 0.126 e. The van der Waals surface area contributed by atoms with Crippen LogP contribution < -0.4 is 5.32 Å². The van der Waals surface area contributed by atoms with Gasteiger partial charge in [0, 0.05) is 18.5 Å². The van der Waals surface area contributed by atoms with Crippen LogP contribution in [0.2, 0.25) is 0 Å². The first kappa shape index (κ1) is 13.8. The first-order valence-corrected chi connectivity index (χ1v) is 6.60. The van der Waals surface area contributed by atoms with Gasteiger partial charge in [-0.3, -0.25) is 0 Å². The van der Waals surface area contributed by atoms with Gasteiger partial charge in [0.25, 0.3) is 0 Å². The Bertz CT molecular complexity index is 522. The SMILES string of the molecule is Cc1ccc(C(C)NC(C)Cc2ccco2)cc1F. The molecule has 0 spiro atoms. The van der Waals surface area contributed by atoms with Gasteiger partial charge in [0.2, 0.25) is 0 Å². The molecule has 1 aromatic carbocycles. The van der Waals surface area contributed by atoms with Gasteiger partial charge in [-0.2, -0.15) is 0 Å². The van der Waals surface area contributed by atoms with Gasteiger partial charge in [-0.05, 0) is 50.1 Å². The first-order valence-electron chi connectivity index (χ1n) is 6.60. The molecule has 0 saturated carbocycles. The minimum atomic E-state index is -0.148. The van der Waals surface area contributed by atoms with E-state index in [2.05, 4.69) is 12.2 Å². The highest BCUT2D eigenvalue weighted by Gasteiger charge is 2.12. The predicted octanol–water partition coefficient (Wildman–Crippen LogP) is 4.01. The lowest BCUT2D eigenvalue weighted by molar-refractivity contribution is 0.428. The number of hydrogen-bond donors (Lipinski definition) is 1. The Morgan fingerprint density at radius 3 is 2.68 bits per heavy atom. The minimum absolute atomic E-state index is 0.111. The van der Waals surface area contributed by atoms with Crippen molar-refractivity contribution in [1.29, 1.82) is 0 Å². The van der Waals surface area contributed by atoms with Crippen LogP contribution in [0.1, 0.15) is 36.8 Å². The van der Waals surface area contributed by atoms with Gasteiger partial charge in [-0.1, -0.05) is 12.1 Å². The molecule has 0 fully saturated rings. The van der Waals surface area contributed by atoms with Gasteiger partial charge in [0.05, 0.1) is 6.26 Å². The van der Waals surface area contributed by atoms with Gasteiger partial charge < -0.3 is 9.73 Å². The molecule has 2 atom stereocenters. The van der Waals surface area contributed by atoms with Crippen molar-refractivity contribution < 1.29 is 8.81 Å². The Balaban J connectivity index is 1.96. The third-order valence-corrected chi connectivity index (χ3v) is 3.32. The van der Waals surface area contributed by atoms with E-state index in [9.17, 15) is 4.39 Å². The third kappa shape index (κ3) is 3.67. The van der Waals surface area contributed by atoms with Crippen LogP contribution >= 0.6 is 0 Å². The van der Waals surface area contributed by atoms with Gasteiger partial charge in [0.15, 0.2) is 0 Å². The number of aryl methyl sites for hydroxylation is 1. The topological polar surface area (TPSA) is 25.2 Å². The molecule has 2 unspecified atom stereocenters. The van der Waals surface area contributed by atoms with Crippen LogP contribution in [0, 0.1) is 12.7 Å². The molecule has 3 heteroatoms. The lowest BCUT2D eigenvalue weighted by Crippen LogP contribution is -2.30. The van der Waals surface area contributed by atoms with Crippen LogP contribution in [0.25, 0.3) is 0 Å². The van der Waals surface area contributed by atoms with E-state index in [0.29, 0.717) is 5.56 Å². The van der Waals surface area contributed by atoms with Gasteiger partial charge in [-0.15, -0.1) is 0 Å². The fourth-order valence-corrected chi connectivity index (χ4v) is 2.19. The zero-order valence-electron chi connectivity index (χ0n) is 11.6. The van der Waals surface area contributed by atoms with Gasteiger partial charge in [-0.25, -0.2) is 4.39 Å². The van der Waals surface area contributed by atoms with Crippen molar-refractivity contribution >= 4 is 0 Å². The summed E-state index contributed by atoms with van der Waals surface area (Å²) in [5.74, 6) is 0.812. The fourth-order valence-electron chi connectivity index (χ4n) is 2.19. The van der Waals surface area contributed by atoms with E-state index in [1.165, 1.54) is 0 Å². The Morgan fingerprint density at radius 1 is 1.26 bits per heavy atom. The van der Waals surface area contributed by atoms with Crippen molar-refractivity contribution in [2.75, 3.05) is 0 Å². The van der Waals surface area contributed by atoms with Crippen molar-refractivity contribution in [1.82, 2.24) is 5.32 Å². The highest BCUT2D eigenvalue weighted by Crippen LogP contribution is 2.17. The van der Waals surface area contributed by atoms with E-state index < -0.39 is 0 Å². The molecule has 2 rings (SSSR count). The maximum Gasteiger partial charge on any atom is 0.126 e. The van der Waals surface area contributed by atoms with Crippen LogP contribution in [0.5, 0.6) is 0 Å². The van der Waals surface area contributed by atoms with E-state index in [-0.39, 0.29) is 17.9 Å². The molecule has 1 heterocycles. The maximum atomic E-state index is 13.5. The lowest BCUT2D eigenvalue weighted by atomic mass is 10.0. The molecule has 0 aliphatic rings. The predicted molar refractivity (Wildman–Crippen MR) is 74.6 cm³/mol. The van der Waals surface area contributed by atoms with Gasteiger partial charge in [0.1, 0.15) is 11.6 Å². The highest BCUT2D eigenvalue weighted by atomic mass is 19.1. The van der Waals surface area contributed by atoms with Crippen LogP contribution in [0.15, 0.2) is 41.0 Å². The number of benzene rings is 1. The van der Waals surface area contributed by atoms with E-state index in [4.69, 9.17) is 4.42 Å². The zero-order chi connectivity index (χ0) is 13.8. The van der Waals surface area contributed by atoms with Crippen molar-refractivity contribution in [2.45, 2.75) is 39.3 Å². The molecule has 0 aliphatic carbocycles. The Labute approximate surface area is 113 Å².